The van der Waals surface area contributed by atoms with Gasteiger partial charge in [-0.15, -0.1) is 11.3 Å². The molecule has 0 unspecified atom stereocenters. The molecule has 168 valence electrons. The fourth-order valence-corrected chi connectivity index (χ4v) is 5.55. The first-order valence-corrected chi connectivity index (χ1v) is 12.7. The molecule has 0 saturated carbocycles. The van der Waals surface area contributed by atoms with E-state index in [1.54, 1.807) is 18.3 Å². The zero-order valence-corrected chi connectivity index (χ0v) is 21.0. The van der Waals surface area contributed by atoms with Crippen molar-refractivity contribution in [3.8, 4) is 0 Å². The van der Waals surface area contributed by atoms with E-state index in [9.17, 15) is 9.59 Å². The molecule has 0 atom stereocenters. The van der Waals surface area contributed by atoms with Gasteiger partial charge in [-0.05, 0) is 35.4 Å². The first-order valence-electron chi connectivity index (χ1n) is 9.88. The van der Waals surface area contributed by atoms with Gasteiger partial charge in [0.25, 0.3) is 5.91 Å². The highest BCUT2D eigenvalue weighted by Gasteiger charge is 2.32. The third-order valence-corrected chi connectivity index (χ3v) is 7.61. The highest BCUT2D eigenvalue weighted by Crippen LogP contribution is 2.33. The lowest BCUT2D eigenvalue weighted by Crippen LogP contribution is -2.31. The molecule has 0 aliphatic carbocycles. The molecule has 4 rings (SSSR count). The van der Waals surface area contributed by atoms with Crippen LogP contribution < -0.4 is 5.32 Å². The summed E-state index contributed by atoms with van der Waals surface area (Å²) >= 11 is 20.1. The van der Waals surface area contributed by atoms with Crippen molar-refractivity contribution >= 4 is 85.9 Å². The first kappa shape index (κ1) is 23.9. The Labute approximate surface area is 214 Å². The van der Waals surface area contributed by atoms with Crippen LogP contribution in [0.5, 0.6) is 0 Å². The summed E-state index contributed by atoms with van der Waals surface area (Å²) in [4.78, 5) is 32.4. The Kier molecular flexibility index (Phi) is 7.82. The van der Waals surface area contributed by atoms with Crippen molar-refractivity contribution in [1.29, 1.82) is 0 Å². The normalized spacial score (nSPS) is 14.8. The number of carbonyl (C=O) groups is 2. The minimum absolute atomic E-state index is 0.109. The van der Waals surface area contributed by atoms with E-state index in [4.69, 9.17) is 35.4 Å². The Hall–Kier alpha value is -2.23. The monoisotopic (exact) mass is 533 g/mol. The number of hydrogen-bond donors (Lipinski definition) is 1. The van der Waals surface area contributed by atoms with Gasteiger partial charge in [-0.1, -0.05) is 77.5 Å². The molecular formula is C23H17Cl2N3O2S3. The Morgan fingerprint density at radius 1 is 1.15 bits per heavy atom. The van der Waals surface area contributed by atoms with Crippen molar-refractivity contribution in [3.05, 3.63) is 85.7 Å². The van der Waals surface area contributed by atoms with Crippen LogP contribution in [0.15, 0.2) is 59.6 Å². The maximum Gasteiger partial charge on any atom is 0.266 e. The molecule has 1 fully saturated rings. The van der Waals surface area contributed by atoms with Crippen LogP contribution in [0.2, 0.25) is 10.0 Å². The molecule has 33 heavy (non-hydrogen) atoms. The van der Waals surface area contributed by atoms with Crippen LogP contribution in [0.1, 0.15) is 22.4 Å². The fraction of sp³-hybridized carbons (Fsp3) is 0.130. The van der Waals surface area contributed by atoms with Gasteiger partial charge in [0.15, 0.2) is 5.13 Å². The van der Waals surface area contributed by atoms with Gasteiger partial charge in [0.1, 0.15) is 4.32 Å². The second kappa shape index (κ2) is 10.8. The van der Waals surface area contributed by atoms with Crippen molar-refractivity contribution in [2.45, 2.75) is 12.8 Å². The van der Waals surface area contributed by atoms with Crippen LogP contribution in [-0.2, 0) is 16.0 Å². The Morgan fingerprint density at radius 2 is 1.91 bits per heavy atom. The van der Waals surface area contributed by atoms with Gasteiger partial charge in [0.05, 0.1) is 4.91 Å². The molecule has 0 spiro atoms. The maximum atomic E-state index is 12.8. The molecule has 1 aliphatic rings. The molecule has 1 saturated heterocycles. The van der Waals surface area contributed by atoms with Gasteiger partial charge in [0, 0.05) is 40.5 Å². The lowest BCUT2D eigenvalue weighted by Gasteiger charge is -2.13. The third kappa shape index (κ3) is 6.22. The van der Waals surface area contributed by atoms with Crippen LogP contribution in [0.3, 0.4) is 0 Å². The van der Waals surface area contributed by atoms with Crippen molar-refractivity contribution in [2.75, 3.05) is 11.9 Å². The van der Waals surface area contributed by atoms with Gasteiger partial charge in [-0.2, -0.15) is 0 Å². The van der Waals surface area contributed by atoms with Gasteiger partial charge in [0.2, 0.25) is 5.91 Å². The van der Waals surface area contributed by atoms with E-state index < -0.39 is 0 Å². The molecule has 2 aromatic carbocycles. The average Bonchev–Trinajstić information content (AvgIpc) is 3.33. The van der Waals surface area contributed by atoms with E-state index >= 15 is 0 Å². The molecule has 3 aromatic rings. The van der Waals surface area contributed by atoms with Crippen LogP contribution in [0.25, 0.3) is 6.08 Å². The van der Waals surface area contributed by atoms with Crippen molar-refractivity contribution in [2.24, 2.45) is 0 Å². The summed E-state index contributed by atoms with van der Waals surface area (Å²) in [5, 5.41) is 4.57. The molecular weight excluding hydrogens is 517 g/mol. The van der Waals surface area contributed by atoms with Gasteiger partial charge < -0.3 is 5.32 Å². The summed E-state index contributed by atoms with van der Waals surface area (Å²) in [6, 6.07) is 14.9. The molecule has 1 N–H and O–H groups in total. The summed E-state index contributed by atoms with van der Waals surface area (Å²) < 4.78 is 0.422. The number of amides is 2. The highest BCUT2D eigenvalue weighted by atomic mass is 35.5. The quantitative estimate of drug-likeness (QED) is 0.286. The number of nitrogens with one attached hydrogen (secondary N) is 1. The lowest BCUT2D eigenvalue weighted by molar-refractivity contribution is -0.122. The number of carbonyl (C=O) groups excluding carboxylic acids is 2. The first-order chi connectivity index (χ1) is 15.9. The molecule has 0 radical (unpaired) electrons. The Balaban J connectivity index is 1.31. The number of hydrogen-bond acceptors (Lipinski definition) is 6. The number of rotatable bonds is 7. The van der Waals surface area contributed by atoms with E-state index in [2.05, 4.69) is 10.3 Å². The zero-order chi connectivity index (χ0) is 23.4. The second-order valence-electron chi connectivity index (χ2n) is 7.09. The predicted octanol–water partition coefficient (Wildman–Crippen LogP) is 6.27. The Morgan fingerprint density at radius 3 is 2.67 bits per heavy atom. The number of thiazole rings is 1. The van der Waals surface area contributed by atoms with E-state index in [0.717, 1.165) is 16.0 Å². The number of thiocarbonyl (C=S) groups is 1. The van der Waals surface area contributed by atoms with Crippen LogP contribution in [0, 0.1) is 0 Å². The number of benzene rings is 2. The van der Waals surface area contributed by atoms with Crippen LogP contribution in [0.4, 0.5) is 5.13 Å². The van der Waals surface area contributed by atoms with Crippen molar-refractivity contribution in [1.82, 2.24) is 9.88 Å². The van der Waals surface area contributed by atoms with Crippen molar-refractivity contribution < 1.29 is 9.59 Å². The van der Waals surface area contributed by atoms with Gasteiger partial charge in [-0.25, -0.2) is 4.98 Å². The van der Waals surface area contributed by atoms with Crippen LogP contribution >= 0.6 is 58.5 Å². The largest absolute Gasteiger partial charge is 0.302 e. The smallest absolute Gasteiger partial charge is 0.266 e. The minimum atomic E-state index is -0.230. The molecule has 5 nitrogen and oxygen atoms in total. The van der Waals surface area contributed by atoms with E-state index in [1.165, 1.54) is 28.0 Å². The van der Waals surface area contributed by atoms with E-state index in [1.807, 2.05) is 42.5 Å². The number of thioether (sulfide) groups is 1. The summed E-state index contributed by atoms with van der Waals surface area (Å²) in [6.07, 6.45) is 4.28. The second-order valence-corrected chi connectivity index (χ2v) is 10.7. The summed E-state index contributed by atoms with van der Waals surface area (Å²) in [7, 11) is 0. The SMILES string of the molecule is O=C(CCN1C(=O)C(=Cc2ccccc2Cl)SC1=S)Nc1ncc(Cc2ccc(Cl)cc2)s1. The summed E-state index contributed by atoms with van der Waals surface area (Å²) in [5.74, 6) is -0.455. The predicted molar refractivity (Wildman–Crippen MR) is 141 cm³/mol. The minimum Gasteiger partial charge on any atom is -0.302 e. The van der Waals surface area contributed by atoms with Crippen LogP contribution in [-0.4, -0.2) is 32.6 Å². The standard InChI is InChI=1S/C23H17Cl2N3O2S3/c24-16-7-5-14(6-8-16)11-17-13-26-22(32-17)27-20(29)9-10-28-21(30)19(33-23(28)31)12-15-3-1-2-4-18(15)25/h1-8,12-13H,9-11H2,(H,26,27,29). The van der Waals surface area contributed by atoms with Crippen molar-refractivity contribution in [3.63, 3.8) is 0 Å². The molecule has 1 aliphatic heterocycles. The number of nitrogens with zero attached hydrogens (tertiary/aromatic N) is 2. The number of anilines is 1. The summed E-state index contributed by atoms with van der Waals surface area (Å²) in [6.45, 7) is 0.194. The number of halogens is 2. The average molecular weight is 535 g/mol. The molecule has 2 heterocycles. The Bertz CT molecular complexity index is 1240. The van der Waals surface area contributed by atoms with Gasteiger partial charge in [-0.3, -0.25) is 14.5 Å². The molecule has 2 amide bonds. The van der Waals surface area contributed by atoms with E-state index in [-0.39, 0.29) is 24.8 Å². The third-order valence-electron chi connectivity index (χ3n) is 4.72. The maximum absolute atomic E-state index is 12.8. The molecule has 10 heteroatoms. The lowest BCUT2D eigenvalue weighted by atomic mass is 10.1. The molecule has 1 aromatic heterocycles. The topological polar surface area (TPSA) is 62.3 Å². The zero-order valence-electron chi connectivity index (χ0n) is 17.1. The summed E-state index contributed by atoms with van der Waals surface area (Å²) in [5.41, 5.74) is 1.86. The number of aromatic nitrogens is 1. The fourth-order valence-electron chi connectivity index (χ4n) is 3.07. The molecule has 0 bridgehead atoms. The highest BCUT2D eigenvalue weighted by molar-refractivity contribution is 8.26. The van der Waals surface area contributed by atoms with Gasteiger partial charge >= 0.3 is 0 Å². The van der Waals surface area contributed by atoms with E-state index in [0.29, 0.717) is 30.8 Å².